The lowest BCUT2D eigenvalue weighted by molar-refractivity contribution is -0.130. The quantitative estimate of drug-likeness (QED) is 0.846. The van der Waals surface area contributed by atoms with E-state index >= 15 is 0 Å². The molecule has 2 saturated heterocycles. The molecule has 1 amide bonds. The van der Waals surface area contributed by atoms with Crippen LogP contribution in [0, 0.1) is 11.8 Å². The molecule has 4 aliphatic rings. The first kappa shape index (κ1) is 13.6. The largest absolute Gasteiger partial charge is 0.289 e. The predicted octanol–water partition coefficient (Wildman–Crippen LogP) is 1.80. The molecule has 3 heterocycles. The van der Waals surface area contributed by atoms with Crippen LogP contribution in [0.3, 0.4) is 0 Å². The fourth-order valence-corrected chi connectivity index (χ4v) is 5.78. The lowest BCUT2D eigenvalue weighted by Crippen LogP contribution is -2.49. The predicted molar refractivity (Wildman–Crippen MR) is 86.3 cm³/mol. The highest BCUT2D eigenvalue weighted by molar-refractivity contribution is 8.02. The van der Waals surface area contributed by atoms with Crippen molar-refractivity contribution < 1.29 is 4.79 Å². The lowest BCUT2D eigenvalue weighted by Gasteiger charge is -2.38. The zero-order valence-electron chi connectivity index (χ0n) is 12.1. The number of amides is 1. The maximum Gasteiger partial charge on any atom is 0.238 e. The molecule has 5 heteroatoms. The van der Waals surface area contributed by atoms with Crippen molar-refractivity contribution in [1.82, 2.24) is 10.4 Å². The minimum absolute atomic E-state index is 0.0417. The van der Waals surface area contributed by atoms with Gasteiger partial charge in [-0.05, 0) is 31.3 Å². The van der Waals surface area contributed by atoms with Gasteiger partial charge in [0, 0.05) is 25.4 Å². The Morgan fingerprint density at radius 3 is 3.10 bits per heavy atom. The van der Waals surface area contributed by atoms with E-state index in [4.69, 9.17) is 4.99 Å². The summed E-state index contributed by atoms with van der Waals surface area (Å²) in [5.41, 5.74) is 4.31. The molecule has 1 spiro atoms. The number of allylic oxidation sites excluding steroid dienone is 3. The van der Waals surface area contributed by atoms with Crippen LogP contribution in [0.1, 0.15) is 19.3 Å². The van der Waals surface area contributed by atoms with Gasteiger partial charge in [0.05, 0.1) is 16.4 Å². The first-order valence-corrected chi connectivity index (χ1v) is 8.88. The van der Waals surface area contributed by atoms with Gasteiger partial charge in [-0.25, -0.2) is 5.01 Å². The van der Waals surface area contributed by atoms with Gasteiger partial charge >= 0.3 is 0 Å². The van der Waals surface area contributed by atoms with Gasteiger partial charge in [-0.15, -0.1) is 11.8 Å². The Hall–Kier alpha value is -1.07. The second kappa shape index (κ2) is 5.29. The smallest absolute Gasteiger partial charge is 0.238 e. The molecule has 2 fully saturated rings. The van der Waals surface area contributed by atoms with Crippen molar-refractivity contribution in [2.45, 2.75) is 24.0 Å². The van der Waals surface area contributed by atoms with E-state index in [2.05, 4.69) is 34.7 Å². The van der Waals surface area contributed by atoms with E-state index < -0.39 is 0 Å². The normalized spacial score (nSPS) is 38.0. The van der Waals surface area contributed by atoms with Crippen molar-refractivity contribution in [2.75, 3.05) is 25.4 Å². The van der Waals surface area contributed by atoms with Crippen LogP contribution < -0.4 is 5.43 Å². The molecule has 0 bridgehead atoms. The maximum absolute atomic E-state index is 12.7. The van der Waals surface area contributed by atoms with E-state index in [0.29, 0.717) is 5.92 Å². The number of hydrogen-bond donors (Lipinski definition) is 1. The third-order valence-electron chi connectivity index (χ3n) is 5.08. The summed E-state index contributed by atoms with van der Waals surface area (Å²) in [4.78, 5) is 17.4. The number of carbonyl (C=O) groups excluding carboxylic acids is 1. The van der Waals surface area contributed by atoms with E-state index in [9.17, 15) is 4.79 Å². The van der Waals surface area contributed by atoms with Gasteiger partial charge in [-0.3, -0.25) is 15.2 Å². The highest BCUT2D eigenvalue weighted by Gasteiger charge is 2.54. The van der Waals surface area contributed by atoms with Crippen LogP contribution in [0.4, 0.5) is 0 Å². The van der Waals surface area contributed by atoms with Gasteiger partial charge in [0.2, 0.25) is 5.91 Å². The fraction of sp³-hybridized carbons (Fsp3) is 0.625. The Kier molecular flexibility index (Phi) is 3.42. The molecule has 1 N–H and O–H groups in total. The summed E-state index contributed by atoms with van der Waals surface area (Å²) < 4.78 is -0.0417. The number of carbonyl (C=O) groups is 1. The molecule has 3 unspecified atom stereocenters. The summed E-state index contributed by atoms with van der Waals surface area (Å²) in [6.07, 6.45) is 12.0. The van der Waals surface area contributed by atoms with Crippen molar-refractivity contribution in [3.63, 3.8) is 0 Å². The molecule has 1 aliphatic carbocycles. The second-order valence-corrected chi connectivity index (χ2v) is 7.56. The third kappa shape index (κ3) is 2.18. The Bertz CT molecular complexity index is 536. The average molecular weight is 303 g/mol. The van der Waals surface area contributed by atoms with Crippen molar-refractivity contribution in [2.24, 2.45) is 16.8 Å². The minimum Gasteiger partial charge on any atom is -0.289 e. The molecule has 0 radical (unpaired) electrons. The van der Waals surface area contributed by atoms with Gasteiger partial charge in [-0.1, -0.05) is 18.2 Å². The number of thioether (sulfide) groups is 1. The molecule has 0 aromatic rings. The Labute approximate surface area is 129 Å². The van der Waals surface area contributed by atoms with Gasteiger partial charge in [-0.2, -0.15) is 0 Å². The monoisotopic (exact) mass is 303 g/mol. The molecular formula is C16H21N3OS. The van der Waals surface area contributed by atoms with E-state index in [0.717, 1.165) is 31.8 Å². The molecule has 3 aliphatic heterocycles. The molecule has 0 aromatic carbocycles. The summed E-state index contributed by atoms with van der Waals surface area (Å²) in [7, 11) is 0. The molecule has 3 atom stereocenters. The molecular weight excluding hydrogens is 282 g/mol. The van der Waals surface area contributed by atoms with E-state index in [1.165, 1.54) is 18.6 Å². The number of nitrogens with zero attached hydrogens (tertiary/aromatic N) is 2. The van der Waals surface area contributed by atoms with Crippen LogP contribution in [-0.2, 0) is 4.79 Å². The summed E-state index contributed by atoms with van der Waals surface area (Å²) in [6.45, 7) is 2.85. The summed E-state index contributed by atoms with van der Waals surface area (Å²) in [5, 5.41) is 2.09. The zero-order valence-corrected chi connectivity index (χ0v) is 12.9. The molecule has 0 saturated carbocycles. The van der Waals surface area contributed by atoms with Crippen molar-refractivity contribution in [3.8, 4) is 0 Å². The molecule has 112 valence electrons. The van der Waals surface area contributed by atoms with Gasteiger partial charge < -0.3 is 0 Å². The van der Waals surface area contributed by atoms with Crippen molar-refractivity contribution >= 4 is 23.4 Å². The zero-order chi connectivity index (χ0) is 14.3. The molecule has 4 rings (SSSR count). The van der Waals surface area contributed by atoms with Crippen LogP contribution >= 0.6 is 11.8 Å². The first-order chi connectivity index (χ1) is 10.3. The van der Waals surface area contributed by atoms with Crippen molar-refractivity contribution in [1.29, 1.82) is 0 Å². The van der Waals surface area contributed by atoms with Gasteiger partial charge in [0.15, 0.2) is 0 Å². The van der Waals surface area contributed by atoms with Crippen LogP contribution in [-0.4, -0.2) is 46.8 Å². The number of aliphatic imine (C=N–C) groups is 1. The Morgan fingerprint density at radius 1 is 1.38 bits per heavy atom. The summed E-state index contributed by atoms with van der Waals surface area (Å²) >= 11 is 1.90. The van der Waals surface area contributed by atoms with Crippen LogP contribution in [0.15, 0.2) is 29.3 Å². The summed E-state index contributed by atoms with van der Waals surface area (Å²) in [5.74, 6) is 1.62. The van der Waals surface area contributed by atoms with Gasteiger partial charge in [0.25, 0.3) is 0 Å². The SMILES string of the molecule is O=C(NN1CCCC1)C1CSC23C=CC=CC2=NCCC13. The fourth-order valence-electron chi connectivity index (χ4n) is 3.99. The second-order valence-electron chi connectivity index (χ2n) is 6.26. The average Bonchev–Trinajstić information content (AvgIpc) is 3.13. The van der Waals surface area contributed by atoms with Crippen LogP contribution in [0.25, 0.3) is 0 Å². The van der Waals surface area contributed by atoms with E-state index in [1.807, 2.05) is 11.8 Å². The maximum atomic E-state index is 12.7. The van der Waals surface area contributed by atoms with E-state index in [-0.39, 0.29) is 16.6 Å². The molecule has 0 aromatic heterocycles. The lowest BCUT2D eigenvalue weighted by atomic mass is 9.74. The molecule has 21 heavy (non-hydrogen) atoms. The highest BCUT2D eigenvalue weighted by Crippen LogP contribution is 2.52. The van der Waals surface area contributed by atoms with Crippen LogP contribution in [0.5, 0.6) is 0 Å². The minimum atomic E-state index is -0.0417. The number of hydrazine groups is 1. The number of hydrogen-bond acceptors (Lipinski definition) is 4. The van der Waals surface area contributed by atoms with Crippen molar-refractivity contribution in [3.05, 3.63) is 24.3 Å². The third-order valence-corrected chi connectivity index (χ3v) is 6.73. The first-order valence-electron chi connectivity index (χ1n) is 7.90. The van der Waals surface area contributed by atoms with E-state index in [1.54, 1.807) is 0 Å². The topological polar surface area (TPSA) is 44.7 Å². The summed E-state index contributed by atoms with van der Waals surface area (Å²) in [6, 6.07) is 0. The van der Waals surface area contributed by atoms with Gasteiger partial charge in [0.1, 0.15) is 0 Å². The standard InChI is InChI=1S/C16H21N3OS/c20-15(18-19-9-3-4-10-19)12-11-21-16-7-2-1-5-14(16)17-8-6-13(12)16/h1-2,5,7,12-13H,3-4,6,8-11H2,(H,18,20). The highest BCUT2D eigenvalue weighted by atomic mass is 32.2. The Morgan fingerprint density at radius 2 is 2.24 bits per heavy atom. The van der Waals surface area contributed by atoms with Crippen LogP contribution in [0.2, 0.25) is 0 Å². The number of nitrogens with one attached hydrogen (secondary N) is 1. The molecule has 4 nitrogen and oxygen atoms in total. The number of rotatable bonds is 2. The Balaban J connectivity index is 1.54.